The van der Waals surface area contributed by atoms with Gasteiger partial charge < -0.3 is 0 Å². The van der Waals surface area contributed by atoms with Gasteiger partial charge in [-0.2, -0.15) is 0 Å². The zero-order valence-electron chi connectivity index (χ0n) is 11.0. The summed E-state index contributed by atoms with van der Waals surface area (Å²) in [6, 6.07) is 11.7. The molecule has 0 aliphatic heterocycles. The lowest BCUT2D eigenvalue weighted by Gasteiger charge is -2.05. The summed E-state index contributed by atoms with van der Waals surface area (Å²) in [4.78, 5) is 12.9. The molecule has 0 saturated heterocycles. The van der Waals surface area contributed by atoms with Crippen LogP contribution >= 0.6 is 11.8 Å². The Morgan fingerprint density at radius 3 is 2.60 bits per heavy atom. The Kier molecular flexibility index (Phi) is 4.90. The van der Waals surface area contributed by atoms with Gasteiger partial charge in [0, 0.05) is 11.3 Å². The monoisotopic (exact) mass is 292 g/mol. The van der Waals surface area contributed by atoms with E-state index in [1.807, 2.05) is 31.2 Å². The van der Waals surface area contributed by atoms with Crippen LogP contribution in [-0.2, 0) is 11.2 Å². The number of aryl methyl sites for hydroxylation is 1. The first-order chi connectivity index (χ1) is 9.58. The van der Waals surface area contributed by atoms with E-state index in [2.05, 4.69) is 0 Å². The molecule has 0 spiro atoms. The Morgan fingerprint density at radius 2 is 1.85 bits per heavy atom. The van der Waals surface area contributed by atoms with Crippen molar-refractivity contribution < 1.29 is 13.6 Å². The Labute approximate surface area is 121 Å². The molecule has 0 aromatic heterocycles. The molecule has 4 heteroatoms. The third kappa shape index (κ3) is 3.67. The molecule has 2 aromatic rings. The fourth-order valence-electron chi connectivity index (χ4n) is 1.83. The van der Waals surface area contributed by atoms with Crippen LogP contribution in [-0.4, -0.2) is 11.5 Å². The normalized spacial score (nSPS) is 10.6. The van der Waals surface area contributed by atoms with Crippen LogP contribution in [0.1, 0.15) is 11.1 Å². The molecule has 0 atom stereocenters. The van der Waals surface area contributed by atoms with Crippen LogP contribution in [0, 0.1) is 18.6 Å². The molecule has 20 heavy (non-hydrogen) atoms. The zero-order valence-corrected chi connectivity index (χ0v) is 11.8. The molecule has 0 unspecified atom stereocenters. The third-order valence-electron chi connectivity index (χ3n) is 2.90. The summed E-state index contributed by atoms with van der Waals surface area (Å²) in [6.07, 6.45) is -0.0809. The summed E-state index contributed by atoms with van der Waals surface area (Å²) in [5.74, 6) is -1.72. The number of carbonyl (C=O) groups is 1. The molecule has 2 aromatic carbocycles. The number of carbonyl (C=O) groups excluding carboxylic acids is 1. The van der Waals surface area contributed by atoms with Crippen LogP contribution in [0.4, 0.5) is 8.78 Å². The summed E-state index contributed by atoms with van der Waals surface area (Å²) in [6.45, 7) is 1.97. The number of rotatable bonds is 5. The van der Waals surface area contributed by atoms with Crippen LogP contribution in [0.5, 0.6) is 0 Å². The van der Waals surface area contributed by atoms with Crippen molar-refractivity contribution in [3.05, 3.63) is 65.2 Å². The average molecular weight is 292 g/mol. The fraction of sp³-hybridized carbons (Fsp3) is 0.188. The van der Waals surface area contributed by atoms with Gasteiger partial charge in [0.15, 0.2) is 11.6 Å². The smallest absolute Gasteiger partial charge is 0.162 e. The van der Waals surface area contributed by atoms with E-state index in [0.29, 0.717) is 0 Å². The quantitative estimate of drug-likeness (QED) is 0.769. The van der Waals surface area contributed by atoms with Gasteiger partial charge in [-0.1, -0.05) is 30.3 Å². The van der Waals surface area contributed by atoms with E-state index in [1.54, 1.807) is 0 Å². The summed E-state index contributed by atoms with van der Waals surface area (Å²) < 4.78 is 26.5. The SMILES string of the molecule is Cc1ccccc1SCC(=O)Cc1cccc(F)c1F. The molecule has 0 aliphatic carbocycles. The van der Waals surface area contributed by atoms with Crippen LogP contribution in [0.25, 0.3) is 0 Å². The van der Waals surface area contributed by atoms with Gasteiger partial charge in [0.05, 0.1) is 5.75 Å². The molecular weight excluding hydrogens is 278 g/mol. The van der Waals surface area contributed by atoms with Crippen molar-refractivity contribution in [2.75, 3.05) is 5.75 Å². The minimum Gasteiger partial charge on any atom is -0.298 e. The van der Waals surface area contributed by atoms with Gasteiger partial charge in [-0.15, -0.1) is 11.8 Å². The fourth-order valence-corrected chi connectivity index (χ4v) is 2.71. The van der Waals surface area contributed by atoms with E-state index in [4.69, 9.17) is 0 Å². The van der Waals surface area contributed by atoms with Crippen molar-refractivity contribution >= 4 is 17.5 Å². The standard InChI is InChI=1S/C16H14F2OS/c1-11-5-2-3-8-15(11)20-10-13(19)9-12-6-4-7-14(17)16(12)18/h2-8H,9-10H2,1H3. The second kappa shape index (κ2) is 6.66. The van der Waals surface area contributed by atoms with Gasteiger partial charge in [0.2, 0.25) is 0 Å². The topological polar surface area (TPSA) is 17.1 Å². The van der Waals surface area contributed by atoms with Crippen molar-refractivity contribution in [2.45, 2.75) is 18.2 Å². The zero-order chi connectivity index (χ0) is 14.5. The molecule has 0 amide bonds. The summed E-state index contributed by atoms with van der Waals surface area (Å²) >= 11 is 1.42. The summed E-state index contributed by atoms with van der Waals surface area (Å²) in [5.41, 5.74) is 1.21. The number of thioether (sulfide) groups is 1. The number of ketones is 1. The molecule has 2 rings (SSSR count). The van der Waals surface area contributed by atoms with E-state index >= 15 is 0 Å². The molecule has 0 N–H and O–H groups in total. The lowest BCUT2D eigenvalue weighted by Crippen LogP contribution is -2.08. The highest BCUT2D eigenvalue weighted by atomic mass is 32.2. The van der Waals surface area contributed by atoms with E-state index in [-0.39, 0.29) is 23.5 Å². The first-order valence-electron chi connectivity index (χ1n) is 6.21. The predicted octanol–water partition coefficient (Wildman–Crippen LogP) is 4.18. The molecule has 0 saturated carbocycles. The number of benzene rings is 2. The van der Waals surface area contributed by atoms with E-state index in [1.165, 1.54) is 23.9 Å². The van der Waals surface area contributed by atoms with Gasteiger partial charge in [-0.3, -0.25) is 4.79 Å². The maximum atomic E-state index is 13.5. The number of hydrogen-bond donors (Lipinski definition) is 0. The van der Waals surface area contributed by atoms with Gasteiger partial charge in [0.25, 0.3) is 0 Å². The number of halogens is 2. The van der Waals surface area contributed by atoms with Gasteiger partial charge in [-0.25, -0.2) is 8.78 Å². The van der Waals surface area contributed by atoms with E-state index in [0.717, 1.165) is 16.5 Å². The molecule has 104 valence electrons. The molecular formula is C16H14F2OS. The van der Waals surface area contributed by atoms with Crippen LogP contribution in [0.3, 0.4) is 0 Å². The Hall–Kier alpha value is -1.68. The molecule has 0 fully saturated rings. The van der Waals surface area contributed by atoms with Gasteiger partial charge >= 0.3 is 0 Å². The molecule has 0 aliphatic rings. The van der Waals surface area contributed by atoms with Crippen molar-refractivity contribution in [3.63, 3.8) is 0 Å². The van der Waals surface area contributed by atoms with Crippen molar-refractivity contribution in [3.8, 4) is 0 Å². The average Bonchev–Trinajstić information content (AvgIpc) is 2.43. The minimum atomic E-state index is -0.929. The Balaban J connectivity index is 1.96. The molecule has 0 heterocycles. The highest BCUT2D eigenvalue weighted by Gasteiger charge is 2.12. The van der Waals surface area contributed by atoms with Gasteiger partial charge in [0.1, 0.15) is 5.78 Å². The lowest BCUT2D eigenvalue weighted by molar-refractivity contribution is -0.116. The van der Waals surface area contributed by atoms with Crippen molar-refractivity contribution in [1.82, 2.24) is 0 Å². The Morgan fingerprint density at radius 1 is 1.10 bits per heavy atom. The van der Waals surface area contributed by atoms with Crippen LogP contribution in [0.15, 0.2) is 47.4 Å². The van der Waals surface area contributed by atoms with Crippen LogP contribution in [0.2, 0.25) is 0 Å². The molecule has 0 bridgehead atoms. The largest absolute Gasteiger partial charge is 0.298 e. The predicted molar refractivity (Wildman–Crippen MR) is 77.0 cm³/mol. The van der Waals surface area contributed by atoms with Crippen molar-refractivity contribution in [1.29, 1.82) is 0 Å². The second-order valence-electron chi connectivity index (χ2n) is 4.48. The highest BCUT2D eigenvalue weighted by Crippen LogP contribution is 2.22. The lowest BCUT2D eigenvalue weighted by atomic mass is 10.1. The maximum absolute atomic E-state index is 13.5. The first kappa shape index (κ1) is 14.7. The van der Waals surface area contributed by atoms with Crippen LogP contribution < -0.4 is 0 Å². The number of Topliss-reactive ketones (excluding diaryl/α,β-unsaturated/α-hetero) is 1. The number of hydrogen-bond acceptors (Lipinski definition) is 2. The Bertz CT molecular complexity index is 626. The van der Waals surface area contributed by atoms with Gasteiger partial charge in [-0.05, 0) is 30.2 Å². The van der Waals surface area contributed by atoms with Crippen molar-refractivity contribution in [2.24, 2.45) is 0 Å². The summed E-state index contributed by atoms with van der Waals surface area (Å²) in [5, 5.41) is 0. The maximum Gasteiger partial charge on any atom is 0.162 e. The summed E-state index contributed by atoms with van der Waals surface area (Å²) in [7, 11) is 0. The van der Waals surface area contributed by atoms with E-state index < -0.39 is 11.6 Å². The first-order valence-corrected chi connectivity index (χ1v) is 7.19. The highest BCUT2D eigenvalue weighted by molar-refractivity contribution is 8.00. The molecule has 0 radical (unpaired) electrons. The van der Waals surface area contributed by atoms with E-state index in [9.17, 15) is 13.6 Å². The third-order valence-corrected chi connectivity index (χ3v) is 4.14. The second-order valence-corrected chi connectivity index (χ2v) is 5.50. The molecule has 1 nitrogen and oxygen atoms in total. The minimum absolute atomic E-state index is 0.0809.